The highest BCUT2D eigenvalue weighted by atomic mass is 14.9. The summed E-state index contributed by atoms with van der Waals surface area (Å²) in [6, 6.07) is 0.882. The lowest BCUT2D eigenvalue weighted by atomic mass is 9.95. The summed E-state index contributed by atoms with van der Waals surface area (Å²) in [4.78, 5) is 0. The normalized spacial score (nSPS) is 50.6. The molecule has 0 spiro atoms. The van der Waals surface area contributed by atoms with Crippen molar-refractivity contribution in [1.29, 1.82) is 0 Å². The van der Waals surface area contributed by atoms with E-state index in [2.05, 4.69) is 5.32 Å². The zero-order valence-electron chi connectivity index (χ0n) is 10.3. The molecule has 4 fully saturated rings. The van der Waals surface area contributed by atoms with E-state index in [1.807, 2.05) is 0 Å². The predicted molar refractivity (Wildman–Crippen MR) is 66.2 cm³/mol. The van der Waals surface area contributed by atoms with Crippen LogP contribution in [0, 0.1) is 29.6 Å². The monoisotopic (exact) mass is 219 g/mol. The van der Waals surface area contributed by atoms with Crippen LogP contribution in [0.15, 0.2) is 0 Å². The minimum atomic E-state index is 0.882. The first kappa shape index (κ1) is 9.94. The fourth-order valence-corrected chi connectivity index (χ4v) is 5.39. The van der Waals surface area contributed by atoms with Crippen LogP contribution < -0.4 is 5.32 Å². The molecule has 16 heavy (non-hydrogen) atoms. The Balaban J connectivity index is 1.28. The van der Waals surface area contributed by atoms with Gasteiger partial charge >= 0.3 is 0 Å². The molecule has 0 radical (unpaired) electrons. The second kappa shape index (κ2) is 3.73. The maximum Gasteiger partial charge on any atom is 0.00671 e. The van der Waals surface area contributed by atoms with Gasteiger partial charge in [0.2, 0.25) is 0 Å². The molecule has 2 bridgehead atoms. The highest BCUT2D eigenvalue weighted by Gasteiger charge is 2.64. The van der Waals surface area contributed by atoms with Crippen molar-refractivity contribution in [3.8, 4) is 0 Å². The third-order valence-corrected chi connectivity index (χ3v) is 6.14. The van der Waals surface area contributed by atoms with Crippen LogP contribution >= 0.6 is 0 Å². The zero-order chi connectivity index (χ0) is 10.5. The Labute approximate surface area is 99.4 Å². The molecular formula is C15H25N. The topological polar surface area (TPSA) is 12.0 Å². The summed E-state index contributed by atoms with van der Waals surface area (Å²) in [5, 5.41) is 3.88. The van der Waals surface area contributed by atoms with E-state index < -0.39 is 0 Å². The van der Waals surface area contributed by atoms with E-state index in [4.69, 9.17) is 0 Å². The number of nitrogens with one attached hydrogen (secondary N) is 1. The lowest BCUT2D eigenvalue weighted by Crippen LogP contribution is -2.33. The molecule has 4 atom stereocenters. The van der Waals surface area contributed by atoms with E-state index in [1.165, 1.54) is 50.5 Å². The number of fused-ring (bicyclic) bond motifs is 5. The summed E-state index contributed by atoms with van der Waals surface area (Å²) in [6.45, 7) is 1.37. The average molecular weight is 219 g/mol. The van der Waals surface area contributed by atoms with Gasteiger partial charge in [0, 0.05) is 6.04 Å². The summed E-state index contributed by atoms with van der Waals surface area (Å²) < 4.78 is 0. The Morgan fingerprint density at radius 2 is 1.50 bits per heavy atom. The maximum absolute atomic E-state index is 3.88. The third kappa shape index (κ3) is 1.47. The van der Waals surface area contributed by atoms with Crippen molar-refractivity contribution in [1.82, 2.24) is 5.32 Å². The van der Waals surface area contributed by atoms with Gasteiger partial charge in [-0.3, -0.25) is 0 Å². The summed E-state index contributed by atoms with van der Waals surface area (Å²) in [7, 11) is 0. The third-order valence-electron chi connectivity index (χ3n) is 6.14. The van der Waals surface area contributed by atoms with Gasteiger partial charge in [0.1, 0.15) is 0 Å². The van der Waals surface area contributed by atoms with Gasteiger partial charge in [-0.1, -0.05) is 19.3 Å². The molecule has 0 saturated heterocycles. The van der Waals surface area contributed by atoms with E-state index >= 15 is 0 Å². The molecule has 1 N–H and O–H groups in total. The van der Waals surface area contributed by atoms with Crippen LogP contribution in [0.1, 0.15) is 51.4 Å². The van der Waals surface area contributed by atoms with Gasteiger partial charge in [-0.2, -0.15) is 0 Å². The maximum atomic E-state index is 3.88. The molecule has 90 valence electrons. The van der Waals surface area contributed by atoms with Crippen LogP contribution in [0.5, 0.6) is 0 Å². The van der Waals surface area contributed by atoms with Crippen molar-refractivity contribution >= 4 is 0 Å². The largest absolute Gasteiger partial charge is 0.314 e. The smallest absolute Gasteiger partial charge is 0.00671 e. The first-order valence-electron chi connectivity index (χ1n) is 7.67. The first-order valence-corrected chi connectivity index (χ1v) is 7.67. The van der Waals surface area contributed by atoms with E-state index in [-0.39, 0.29) is 0 Å². The second-order valence-electron chi connectivity index (χ2n) is 6.89. The summed E-state index contributed by atoms with van der Waals surface area (Å²) >= 11 is 0. The molecule has 0 amide bonds. The Morgan fingerprint density at radius 1 is 0.812 bits per heavy atom. The summed E-state index contributed by atoms with van der Waals surface area (Å²) in [5.41, 5.74) is 0. The summed E-state index contributed by atoms with van der Waals surface area (Å²) in [6.07, 6.45) is 12.1. The Morgan fingerprint density at radius 3 is 2.19 bits per heavy atom. The summed E-state index contributed by atoms with van der Waals surface area (Å²) in [5.74, 6) is 5.78. The van der Waals surface area contributed by atoms with E-state index in [0.29, 0.717) is 0 Å². The van der Waals surface area contributed by atoms with Gasteiger partial charge in [-0.15, -0.1) is 0 Å². The highest BCUT2D eigenvalue weighted by molar-refractivity contribution is 5.13. The van der Waals surface area contributed by atoms with Gasteiger partial charge < -0.3 is 5.32 Å². The highest BCUT2D eigenvalue weighted by Crippen LogP contribution is 2.69. The number of hydrogen-bond donors (Lipinski definition) is 1. The lowest BCUT2D eigenvalue weighted by molar-refractivity contribution is 0.350. The van der Waals surface area contributed by atoms with Crippen LogP contribution in [0.2, 0.25) is 0 Å². The molecule has 0 aromatic rings. The predicted octanol–water partition coefficient (Wildman–Crippen LogP) is 3.20. The van der Waals surface area contributed by atoms with Crippen molar-refractivity contribution in [2.75, 3.05) is 6.54 Å². The zero-order valence-corrected chi connectivity index (χ0v) is 10.3. The standard InChI is InChI=1S/C15H25N/c1-2-4-12(5-3-1)16-9-13-14-10-6-7-11(8-10)15(13)14/h10-16H,1-9H2. The van der Waals surface area contributed by atoms with Crippen molar-refractivity contribution in [2.45, 2.75) is 57.4 Å². The minimum Gasteiger partial charge on any atom is -0.314 e. The second-order valence-corrected chi connectivity index (χ2v) is 6.89. The Bertz CT molecular complexity index is 253. The van der Waals surface area contributed by atoms with E-state index in [0.717, 1.165) is 23.8 Å². The van der Waals surface area contributed by atoms with Crippen molar-refractivity contribution < 1.29 is 0 Å². The fourth-order valence-electron chi connectivity index (χ4n) is 5.39. The van der Waals surface area contributed by atoms with Gasteiger partial charge in [0.05, 0.1) is 0 Å². The molecule has 4 unspecified atom stereocenters. The average Bonchev–Trinajstić information content (AvgIpc) is 2.72. The number of hydrogen-bond acceptors (Lipinski definition) is 1. The van der Waals surface area contributed by atoms with Crippen molar-refractivity contribution in [2.24, 2.45) is 29.6 Å². The van der Waals surface area contributed by atoms with Gasteiger partial charge in [0.25, 0.3) is 0 Å². The molecule has 4 aliphatic rings. The van der Waals surface area contributed by atoms with Gasteiger partial charge in [-0.05, 0) is 68.2 Å². The molecule has 0 aliphatic heterocycles. The van der Waals surface area contributed by atoms with Crippen LogP contribution in [0.25, 0.3) is 0 Å². The molecule has 1 nitrogen and oxygen atoms in total. The molecule has 4 rings (SSSR count). The number of rotatable bonds is 3. The molecule has 4 saturated carbocycles. The van der Waals surface area contributed by atoms with Crippen LogP contribution in [-0.4, -0.2) is 12.6 Å². The molecule has 1 heteroatoms. The first-order chi connectivity index (χ1) is 7.93. The molecule has 0 aromatic carbocycles. The van der Waals surface area contributed by atoms with Gasteiger partial charge in [-0.25, -0.2) is 0 Å². The lowest BCUT2D eigenvalue weighted by Gasteiger charge is -2.23. The quantitative estimate of drug-likeness (QED) is 0.768. The minimum absolute atomic E-state index is 0.882. The Kier molecular flexibility index (Phi) is 2.32. The molecular weight excluding hydrogens is 194 g/mol. The van der Waals surface area contributed by atoms with Gasteiger partial charge in [0.15, 0.2) is 0 Å². The van der Waals surface area contributed by atoms with Crippen molar-refractivity contribution in [3.63, 3.8) is 0 Å². The Hall–Kier alpha value is -0.0400. The van der Waals surface area contributed by atoms with E-state index in [1.54, 1.807) is 19.3 Å². The van der Waals surface area contributed by atoms with Crippen LogP contribution in [-0.2, 0) is 0 Å². The van der Waals surface area contributed by atoms with Crippen LogP contribution in [0.3, 0.4) is 0 Å². The fraction of sp³-hybridized carbons (Fsp3) is 1.00. The van der Waals surface area contributed by atoms with E-state index in [9.17, 15) is 0 Å². The molecule has 4 aliphatic carbocycles. The molecule has 0 heterocycles. The molecule has 0 aromatic heterocycles. The van der Waals surface area contributed by atoms with Crippen molar-refractivity contribution in [3.05, 3.63) is 0 Å². The van der Waals surface area contributed by atoms with Crippen LogP contribution in [0.4, 0.5) is 0 Å². The SMILES string of the molecule is C1CCC(NCC2C3C4CCC(C4)C23)CC1.